The van der Waals surface area contributed by atoms with Gasteiger partial charge in [0.25, 0.3) is 0 Å². The molecule has 9 atom stereocenters. The Hall–Kier alpha value is -3.47. The van der Waals surface area contributed by atoms with Crippen molar-refractivity contribution in [1.82, 2.24) is 0 Å². The van der Waals surface area contributed by atoms with Gasteiger partial charge in [-0.1, -0.05) is 0 Å². The lowest BCUT2D eigenvalue weighted by Gasteiger charge is -2.40. The molecule has 3 heterocycles. The van der Waals surface area contributed by atoms with Gasteiger partial charge in [-0.05, 0) is 31.2 Å². The molecule has 9 unspecified atom stereocenters. The molecule has 2 fully saturated rings. The number of hydrogen-bond acceptors (Lipinski definition) is 14. The minimum atomic E-state index is -1.73. The molecule has 0 amide bonds. The third-order valence-electron chi connectivity index (χ3n) is 7.08. The van der Waals surface area contributed by atoms with Crippen molar-refractivity contribution >= 4 is 11.0 Å². The van der Waals surface area contributed by atoms with Crippen molar-refractivity contribution in [2.45, 2.75) is 62.2 Å². The number of aromatic hydroxyl groups is 2. The van der Waals surface area contributed by atoms with Crippen molar-refractivity contribution in [3.8, 4) is 34.3 Å². The number of benzene rings is 2. The highest BCUT2D eigenvalue weighted by Crippen LogP contribution is 2.38. The summed E-state index contributed by atoms with van der Waals surface area (Å²) in [6.45, 7) is 0.762. The van der Waals surface area contributed by atoms with Gasteiger partial charge in [0.15, 0.2) is 18.2 Å². The molecule has 5 rings (SSSR count). The second-order valence-corrected chi connectivity index (χ2v) is 9.77. The van der Waals surface area contributed by atoms with Crippen LogP contribution in [0, 0.1) is 0 Å². The van der Waals surface area contributed by atoms with Gasteiger partial charge in [0.05, 0.1) is 19.8 Å². The standard InChI is InChI=1S/C27H30O14/c1-10-18(31)21(34)22(35)26(37-10)41-25-19(32)16(9-28)39-27(25)40-24-20(33)17-14(30)7-13(36-2)8-15(17)38-23(24)11-3-5-12(29)6-4-11/h3-8,10,16,18-19,21-22,25-32,34-35H,9H2,1-2H3. The van der Waals surface area contributed by atoms with E-state index < -0.39 is 78.8 Å². The fourth-order valence-corrected chi connectivity index (χ4v) is 4.78. The molecule has 41 heavy (non-hydrogen) atoms. The van der Waals surface area contributed by atoms with Gasteiger partial charge in [-0.25, -0.2) is 0 Å². The molecule has 0 radical (unpaired) electrons. The van der Waals surface area contributed by atoms with Crippen molar-refractivity contribution < 1.29 is 63.8 Å². The van der Waals surface area contributed by atoms with Gasteiger partial charge < -0.3 is 63.8 Å². The van der Waals surface area contributed by atoms with Gasteiger partial charge in [-0.2, -0.15) is 0 Å². The molecule has 7 N–H and O–H groups in total. The number of aliphatic hydroxyl groups excluding tert-OH is 5. The summed E-state index contributed by atoms with van der Waals surface area (Å²) in [5.41, 5.74) is -0.596. The number of phenolic OH excluding ortho intramolecular Hbond substituents is 2. The van der Waals surface area contributed by atoms with Crippen molar-refractivity contribution in [2.75, 3.05) is 13.7 Å². The topological polar surface area (TPSA) is 218 Å². The largest absolute Gasteiger partial charge is 0.508 e. The smallest absolute Gasteiger partial charge is 0.239 e. The zero-order chi connectivity index (χ0) is 29.6. The molecule has 0 aliphatic carbocycles. The van der Waals surface area contributed by atoms with Gasteiger partial charge in [-0.3, -0.25) is 4.79 Å². The zero-order valence-corrected chi connectivity index (χ0v) is 21.9. The zero-order valence-electron chi connectivity index (χ0n) is 21.9. The summed E-state index contributed by atoms with van der Waals surface area (Å²) >= 11 is 0. The Labute approximate surface area is 232 Å². The minimum Gasteiger partial charge on any atom is -0.508 e. The Morgan fingerprint density at radius 1 is 0.902 bits per heavy atom. The molecule has 14 nitrogen and oxygen atoms in total. The fraction of sp³-hybridized carbons (Fsp3) is 0.444. The summed E-state index contributed by atoms with van der Waals surface area (Å²) in [6.07, 6.45) is -13.2. The number of aliphatic hydroxyl groups is 5. The van der Waals surface area contributed by atoms with Crippen LogP contribution in [0.5, 0.6) is 23.0 Å². The molecule has 3 aromatic rings. The van der Waals surface area contributed by atoms with Crippen LogP contribution in [0.25, 0.3) is 22.3 Å². The molecule has 222 valence electrons. The minimum absolute atomic E-state index is 0.0454. The molecular formula is C27H30O14. The SMILES string of the molecule is COc1cc(O)c2c(=O)c(OC3OC(CO)C(O)C3OC3OC(C)C(O)C(O)C3O)c(-c3ccc(O)cc3)oc2c1. The van der Waals surface area contributed by atoms with E-state index in [1.807, 2.05) is 0 Å². The molecular weight excluding hydrogens is 548 g/mol. The first-order valence-electron chi connectivity index (χ1n) is 12.7. The maximum atomic E-state index is 13.7. The first-order chi connectivity index (χ1) is 19.5. The fourth-order valence-electron chi connectivity index (χ4n) is 4.78. The van der Waals surface area contributed by atoms with E-state index in [0.29, 0.717) is 0 Å². The highest BCUT2D eigenvalue weighted by molar-refractivity contribution is 5.88. The van der Waals surface area contributed by atoms with Crippen molar-refractivity contribution in [1.29, 1.82) is 0 Å². The van der Waals surface area contributed by atoms with E-state index in [1.54, 1.807) is 0 Å². The van der Waals surface area contributed by atoms with E-state index in [9.17, 15) is 40.5 Å². The van der Waals surface area contributed by atoms with Crippen molar-refractivity contribution in [3.63, 3.8) is 0 Å². The van der Waals surface area contributed by atoms with Gasteiger partial charge in [0, 0.05) is 17.7 Å². The molecule has 14 heteroatoms. The summed E-state index contributed by atoms with van der Waals surface area (Å²) in [6, 6.07) is 8.17. The summed E-state index contributed by atoms with van der Waals surface area (Å²) in [5.74, 6) is -0.934. The maximum Gasteiger partial charge on any atom is 0.239 e. The Morgan fingerprint density at radius 3 is 2.27 bits per heavy atom. The molecule has 2 aliphatic rings. The first kappa shape index (κ1) is 29.0. The van der Waals surface area contributed by atoms with Gasteiger partial charge in [-0.15, -0.1) is 0 Å². The molecule has 1 aromatic heterocycles. The van der Waals surface area contributed by atoms with Crippen LogP contribution >= 0.6 is 0 Å². The van der Waals surface area contributed by atoms with Crippen LogP contribution in [0.2, 0.25) is 0 Å². The van der Waals surface area contributed by atoms with E-state index in [2.05, 4.69) is 0 Å². The number of hydrogen-bond donors (Lipinski definition) is 7. The van der Waals surface area contributed by atoms with Crippen LogP contribution in [0.15, 0.2) is 45.6 Å². The summed E-state index contributed by atoms with van der Waals surface area (Å²) in [7, 11) is 1.37. The lowest BCUT2D eigenvalue weighted by Crippen LogP contribution is -2.59. The van der Waals surface area contributed by atoms with Crippen LogP contribution in [-0.2, 0) is 14.2 Å². The molecule has 0 spiro atoms. The van der Waals surface area contributed by atoms with Crippen LogP contribution < -0.4 is 14.9 Å². The average molecular weight is 579 g/mol. The average Bonchev–Trinajstić information content (AvgIpc) is 3.25. The van der Waals surface area contributed by atoms with E-state index >= 15 is 0 Å². The number of phenols is 2. The quantitative estimate of drug-likeness (QED) is 0.189. The van der Waals surface area contributed by atoms with Crippen LogP contribution in [0.1, 0.15) is 6.92 Å². The van der Waals surface area contributed by atoms with E-state index in [1.165, 1.54) is 50.4 Å². The molecule has 2 aliphatic heterocycles. The Bertz CT molecular complexity index is 1440. The monoisotopic (exact) mass is 578 g/mol. The van der Waals surface area contributed by atoms with Crippen molar-refractivity contribution in [2.24, 2.45) is 0 Å². The molecule has 0 saturated carbocycles. The highest BCUT2D eigenvalue weighted by Gasteiger charge is 2.51. The second kappa shape index (κ2) is 11.4. The van der Waals surface area contributed by atoms with E-state index in [4.69, 9.17) is 28.1 Å². The molecule has 0 bridgehead atoms. The number of ether oxygens (including phenoxy) is 5. The third-order valence-corrected chi connectivity index (χ3v) is 7.08. The highest BCUT2D eigenvalue weighted by atomic mass is 16.8. The number of fused-ring (bicyclic) bond motifs is 1. The predicted octanol–water partition coefficient (Wildman–Crippen LogP) is -0.451. The van der Waals surface area contributed by atoms with Crippen molar-refractivity contribution in [3.05, 3.63) is 46.6 Å². The third kappa shape index (κ3) is 5.31. The Morgan fingerprint density at radius 2 is 1.61 bits per heavy atom. The lowest BCUT2D eigenvalue weighted by atomic mass is 10.00. The van der Waals surface area contributed by atoms with Gasteiger partial charge >= 0.3 is 0 Å². The number of rotatable bonds is 7. The lowest BCUT2D eigenvalue weighted by molar-refractivity contribution is -0.316. The number of methoxy groups -OCH3 is 1. The van der Waals surface area contributed by atoms with Crippen LogP contribution in [-0.4, -0.2) is 105 Å². The molecule has 2 aromatic carbocycles. The van der Waals surface area contributed by atoms with E-state index in [-0.39, 0.29) is 33.8 Å². The summed E-state index contributed by atoms with van der Waals surface area (Å²) < 4.78 is 33.9. The van der Waals surface area contributed by atoms with Crippen LogP contribution in [0.3, 0.4) is 0 Å². The van der Waals surface area contributed by atoms with Crippen LogP contribution in [0.4, 0.5) is 0 Å². The normalized spacial score (nSPS) is 31.8. The summed E-state index contributed by atoms with van der Waals surface area (Å²) in [4.78, 5) is 13.7. The Kier molecular flexibility index (Phi) is 8.09. The molecule has 2 saturated heterocycles. The second-order valence-electron chi connectivity index (χ2n) is 9.77. The predicted molar refractivity (Wildman–Crippen MR) is 137 cm³/mol. The van der Waals surface area contributed by atoms with E-state index in [0.717, 1.165) is 0 Å². The Balaban J connectivity index is 1.57. The van der Waals surface area contributed by atoms with Gasteiger partial charge in [0.1, 0.15) is 58.7 Å². The maximum absolute atomic E-state index is 13.7. The van der Waals surface area contributed by atoms with Gasteiger partial charge in [0.2, 0.25) is 17.5 Å². The summed E-state index contributed by atoms with van der Waals surface area (Å²) in [5, 5.41) is 71.3. The first-order valence-corrected chi connectivity index (χ1v) is 12.7.